The molecule has 44 heavy (non-hydrogen) atoms. The van der Waals surface area contributed by atoms with Gasteiger partial charge in [0.2, 0.25) is 5.89 Å². The molecule has 1 atom stereocenters. The van der Waals surface area contributed by atoms with Gasteiger partial charge < -0.3 is 14.8 Å². The Morgan fingerprint density at radius 2 is 1.89 bits per heavy atom. The van der Waals surface area contributed by atoms with Gasteiger partial charge in [0.25, 0.3) is 5.89 Å². The van der Waals surface area contributed by atoms with Crippen molar-refractivity contribution in [2.45, 2.75) is 76.2 Å². The molecule has 1 aliphatic rings. The molecular formula is C29H29F3N10O2. The summed E-state index contributed by atoms with van der Waals surface area (Å²) >= 11 is 0. The van der Waals surface area contributed by atoms with E-state index in [9.17, 15) is 23.5 Å². The van der Waals surface area contributed by atoms with Crippen molar-refractivity contribution in [1.29, 1.82) is 5.26 Å². The lowest BCUT2D eigenvalue weighted by molar-refractivity contribution is -0.0120. The van der Waals surface area contributed by atoms with E-state index in [1.54, 1.807) is 23.0 Å². The highest BCUT2D eigenvalue weighted by molar-refractivity contribution is 5.79. The molecule has 12 nitrogen and oxygen atoms in total. The number of rotatable bonds is 9. The van der Waals surface area contributed by atoms with Gasteiger partial charge in [-0.05, 0) is 63.8 Å². The molecule has 5 aromatic heterocycles. The monoisotopic (exact) mass is 606 g/mol. The Hall–Kier alpha value is -4.84. The maximum Gasteiger partial charge on any atom is 0.314 e. The summed E-state index contributed by atoms with van der Waals surface area (Å²) in [5.41, 5.74) is 2.79. The van der Waals surface area contributed by atoms with E-state index in [-0.39, 0.29) is 24.4 Å². The van der Waals surface area contributed by atoms with Gasteiger partial charge in [0.05, 0.1) is 47.0 Å². The van der Waals surface area contributed by atoms with E-state index in [2.05, 4.69) is 42.0 Å². The quantitative estimate of drug-likeness (QED) is 0.232. The minimum atomic E-state index is -2.81. The number of nitriles is 1. The van der Waals surface area contributed by atoms with Crippen LogP contribution in [0.2, 0.25) is 0 Å². The van der Waals surface area contributed by atoms with Crippen molar-refractivity contribution in [3.63, 3.8) is 0 Å². The highest BCUT2D eigenvalue weighted by Crippen LogP contribution is 2.37. The number of aliphatic hydroxyl groups is 1. The fraction of sp³-hybridized carbons (Fsp3) is 0.414. The lowest BCUT2D eigenvalue weighted by Crippen LogP contribution is -2.35. The molecule has 0 aliphatic heterocycles. The summed E-state index contributed by atoms with van der Waals surface area (Å²) in [4.78, 5) is 4.68. The van der Waals surface area contributed by atoms with Crippen LogP contribution in [0.25, 0.3) is 28.2 Å². The SMILES string of the molecule is CC(C)(O)[C@H](F)Cn1cc(-c2cnc(-c3ccc4cc(C#N)cnn34)cc2N[C@H]2CC[C@H](c3nnc(C(F)F)o3)CC2)nn1. The summed E-state index contributed by atoms with van der Waals surface area (Å²) in [7, 11) is 0. The van der Waals surface area contributed by atoms with Gasteiger partial charge in [0.1, 0.15) is 17.9 Å². The van der Waals surface area contributed by atoms with Crippen LogP contribution >= 0.6 is 0 Å². The fourth-order valence-corrected chi connectivity index (χ4v) is 5.28. The number of nitrogens with one attached hydrogen (secondary N) is 1. The lowest BCUT2D eigenvalue weighted by Gasteiger charge is -2.28. The Kier molecular flexibility index (Phi) is 7.76. The second-order valence-electron chi connectivity index (χ2n) is 11.4. The maximum absolute atomic E-state index is 14.5. The van der Waals surface area contributed by atoms with Gasteiger partial charge >= 0.3 is 6.43 Å². The van der Waals surface area contributed by atoms with Crippen LogP contribution in [0.15, 0.2) is 47.3 Å². The van der Waals surface area contributed by atoms with Crippen molar-refractivity contribution in [3.05, 3.63) is 60.2 Å². The zero-order valence-corrected chi connectivity index (χ0v) is 23.9. The average Bonchev–Trinajstić information content (AvgIpc) is 3.77. The molecule has 1 saturated carbocycles. The zero-order valence-electron chi connectivity index (χ0n) is 23.9. The minimum absolute atomic E-state index is 0.0265. The number of anilines is 1. The third-order valence-corrected chi connectivity index (χ3v) is 7.80. The first kappa shape index (κ1) is 29.2. The topological polar surface area (TPSA) is 156 Å². The summed E-state index contributed by atoms with van der Waals surface area (Å²) < 4.78 is 48.6. The molecular weight excluding hydrogens is 577 g/mol. The van der Waals surface area contributed by atoms with Crippen LogP contribution < -0.4 is 5.32 Å². The first-order valence-electron chi connectivity index (χ1n) is 14.1. The molecule has 2 N–H and O–H groups in total. The third kappa shape index (κ3) is 5.98. The summed E-state index contributed by atoms with van der Waals surface area (Å²) in [6.07, 6.45) is 3.13. The van der Waals surface area contributed by atoms with Crippen LogP contribution in [0.4, 0.5) is 18.9 Å². The van der Waals surface area contributed by atoms with E-state index in [0.29, 0.717) is 59.6 Å². The Balaban J connectivity index is 1.28. The van der Waals surface area contributed by atoms with E-state index >= 15 is 0 Å². The first-order chi connectivity index (χ1) is 21.1. The molecule has 5 heterocycles. The molecule has 0 amide bonds. The molecule has 6 rings (SSSR count). The molecule has 0 aromatic carbocycles. The van der Waals surface area contributed by atoms with Gasteiger partial charge in [-0.2, -0.15) is 19.1 Å². The van der Waals surface area contributed by atoms with E-state index in [1.807, 2.05) is 18.2 Å². The smallest absolute Gasteiger partial charge is 0.314 e. The Labute approximate surface area is 249 Å². The van der Waals surface area contributed by atoms with Gasteiger partial charge in [-0.1, -0.05) is 5.21 Å². The standard InChI is InChI=1S/C29H29F3N10O2/c1-29(2,43)25(30)15-41-14-23(37-40-41)20-13-34-22(24-8-7-19-9-16(11-33)12-35-42(19)24)10-21(20)36-18-5-3-17(4-6-18)27-38-39-28(44-27)26(31)32/h7-10,12-14,17-18,25-26,43H,3-6,15H2,1-2H3,(H,34,36)/t17-,18-,25-/m1/s1. The van der Waals surface area contributed by atoms with Crippen molar-refractivity contribution in [3.8, 4) is 28.7 Å². The van der Waals surface area contributed by atoms with E-state index < -0.39 is 24.1 Å². The van der Waals surface area contributed by atoms with Crippen LogP contribution in [0, 0.1) is 11.3 Å². The van der Waals surface area contributed by atoms with Crippen molar-refractivity contribution < 1.29 is 22.7 Å². The molecule has 0 unspecified atom stereocenters. The van der Waals surface area contributed by atoms with Crippen LogP contribution in [-0.2, 0) is 6.54 Å². The van der Waals surface area contributed by atoms with Crippen LogP contribution in [0.3, 0.4) is 0 Å². The van der Waals surface area contributed by atoms with Crippen molar-refractivity contribution in [2.75, 3.05) is 5.32 Å². The van der Waals surface area contributed by atoms with Gasteiger partial charge in [0, 0.05) is 29.4 Å². The number of aromatic nitrogens is 8. The van der Waals surface area contributed by atoms with Gasteiger partial charge in [-0.25, -0.2) is 13.6 Å². The summed E-state index contributed by atoms with van der Waals surface area (Å²) in [6.45, 7) is 2.61. The fourth-order valence-electron chi connectivity index (χ4n) is 5.28. The number of fused-ring (bicyclic) bond motifs is 1. The van der Waals surface area contributed by atoms with Gasteiger partial charge in [-0.15, -0.1) is 15.3 Å². The van der Waals surface area contributed by atoms with Crippen molar-refractivity contribution in [1.82, 2.24) is 39.8 Å². The minimum Gasteiger partial charge on any atom is -0.419 e. The third-order valence-electron chi connectivity index (χ3n) is 7.80. The highest BCUT2D eigenvalue weighted by Gasteiger charge is 2.30. The molecule has 5 aromatic rings. The molecule has 0 spiro atoms. The van der Waals surface area contributed by atoms with E-state index in [1.165, 1.54) is 24.7 Å². The predicted molar refractivity (Wildman–Crippen MR) is 151 cm³/mol. The Morgan fingerprint density at radius 3 is 2.59 bits per heavy atom. The molecule has 0 bridgehead atoms. The molecule has 15 heteroatoms. The number of halogens is 3. The molecule has 0 radical (unpaired) electrons. The summed E-state index contributed by atoms with van der Waals surface area (Å²) in [5.74, 6) is -0.548. The second kappa shape index (κ2) is 11.7. The summed E-state index contributed by atoms with van der Waals surface area (Å²) in [5, 5.41) is 42.8. The number of nitrogens with zero attached hydrogens (tertiary/aromatic N) is 9. The predicted octanol–water partition coefficient (Wildman–Crippen LogP) is 5.09. The normalized spacial score (nSPS) is 18.0. The summed E-state index contributed by atoms with van der Waals surface area (Å²) in [6, 6.07) is 9.45. The van der Waals surface area contributed by atoms with Gasteiger partial charge in [0.15, 0.2) is 0 Å². The highest BCUT2D eigenvalue weighted by atomic mass is 19.3. The van der Waals surface area contributed by atoms with Gasteiger partial charge in [-0.3, -0.25) is 4.98 Å². The lowest BCUT2D eigenvalue weighted by atomic mass is 9.85. The van der Waals surface area contributed by atoms with Crippen molar-refractivity contribution in [2.24, 2.45) is 0 Å². The van der Waals surface area contributed by atoms with Crippen LogP contribution in [0.1, 0.15) is 69.2 Å². The molecule has 228 valence electrons. The number of pyridine rings is 1. The Morgan fingerprint density at radius 1 is 1.09 bits per heavy atom. The maximum atomic E-state index is 14.5. The van der Waals surface area contributed by atoms with E-state index in [4.69, 9.17) is 4.42 Å². The van der Waals surface area contributed by atoms with Crippen molar-refractivity contribution >= 4 is 11.2 Å². The number of alkyl halides is 3. The molecule has 1 aliphatic carbocycles. The molecule has 1 fully saturated rings. The largest absolute Gasteiger partial charge is 0.419 e. The number of hydrogen-bond donors (Lipinski definition) is 2. The second-order valence-corrected chi connectivity index (χ2v) is 11.4. The van der Waals surface area contributed by atoms with E-state index in [0.717, 1.165) is 5.52 Å². The first-order valence-corrected chi connectivity index (χ1v) is 14.1. The zero-order chi connectivity index (χ0) is 31.0. The molecule has 0 saturated heterocycles. The van der Waals surface area contributed by atoms with Crippen LogP contribution in [-0.4, -0.2) is 62.7 Å². The average molecular weight is 607 g/mol. The number of hydrogen-bond acceptors (Lipinski definition) is 10. The van der Waals surface area contributed by atoms with Crippen LogP contribution in [0.5, 0.6) is 0 Å². The Bertz CT molecular complexity index is 1810.